The summed E-state index contributed by atoms with van der Waals surface area (Å²) in [6, 6.07) is 16.8. The van der Waals surface area contributed by atoms with Crippen molar-refractivity contribution in [2.45, 2.75) is 26.7 Å². The van der Waals surface area contributed by atoms with Crippen molar-refractivity contribution >= 4 is 27.7 Å². The van der Waals surface area contributed by atoms with E-state index in [1.165, 1.54) is 0 Å². The number of carboxylic acids is 1. The normalized spacial score (nSPS) is 15.3. The number of carboxylic acid groups (broad SMARTS) is 1. The van der Waals surface area contributed by atoms with Gasteiger partial charge in [-0.2, -0.15) is 0 Å². The lowest BCUT2D eigenvalue weighted by Crippen LogP contribution is -2.27. The highest BCUT2D eigenvalue weighted by atomic mass is 79.9. The third-order valence-corrected chi connectivity index (χ3v) is 5.73. The third kappa shape index (κ3) is 3.31. The van der Waals surface area contributed by atoms with E-state index < -0.39 is 5.97 Å². The molecular weight excluding hydrogens is 418 g/mol. The molecule has 4 rings (SSSR count). The average molecular weight is 438 g/mol. The maximum Gasteiger partial charge on any atom is 0.335 e. The summed E-state index contributed by atoms with van der Waals surface area (Å²) in [7, 11) is 0. The molecule has 0 atom stereocenters. The lowest BCUT2D eigenvalue weighted by Gasteiger charge is -2.30. The second-order valence-electron chi connectivity index (χ2n) is 8.03. The molecule has 1 aromatic heterocycles. The summed E-state index contributed by atoms with van der Waals surface area (Å²) < 4.78 is 3.09. The van der Waals surface area contributed by atoms with Crippen molar-refractivity contribution in [3.8, 4) is 16.9 Å². The van der Waals surface area contributed by atoms with Crippen LogP contribution in [0.4, 0.5) is 0 Å². The highest BCUT2D eigenvalue weighted by Crippen LogP contribution is 2.40. The van der Waals surface area contributed by atoms with E-state index in [9.17, 15) is 14.7 Å². The third-order valence-electron chi connectivity index (χ3n) is 5.20. The summed E-state index contributed by atoms with van der Waals surface area (Å²) in [4.78, 5) is 24.1. The second-order valence-corrected chi connectivity index (χ2v) is 8.94. The van der Waals surface area contributed by atoms with Gasteiger partial charge in [-0.15, -0.1) is 0 Å². The minimum absolute atomic E-state index is 0.113. The van der Waals surface area contributed by atoms with Crippen molar-refractivity contribution < 1.29 is 14.7 Å². The van der Waals surface area contributed by atoms with Crippen LogP contribution in [0.2, 0.25) is 0 Å². The molecular formula is C23H20BrNO3. The van der Waals surface area contributed by atoms with E-state index in [-0.39, 0.29) is 16.8 Å². The summed E-state index contributed by atoms with van der Waals surface area (Å²) in [6.07, 6.45) is 1.31. The number of hydrogen-bond acceptors (Lipinski definition) is 2. The Morgan fingerprint density at radius 2 is 1.68 bits per heavy atom. The molecule has 0 saturated heterocycles. The van der Waals surface area contributed by atoms with E-state index in [1.54, 1.807) is 24.3 Å². The van der Waals surface area contributed by atoms with Gasteiger partial charge < -0.3 is 9.67 Å². The van der Waals surface area contributed by atoms with Crippen molar-refractivity contribution in [3.63, 3.8) is 0 Å². The van der Waals surface area contributed by atoms with E-state index in [1.807, 2.05) is 30.3 Å². The second kappa shape index (κ2) is 6.74. The molecule has 2 aromatic carbocycles. The number of aromatic carboxylic acids is 1. The fourth-order valence-corrected chi connectivity index (χ4v) is 4.16. The monoisotopic (exact) mass is 437 g/mol. The van der Waals surface area contributed by atoms with Gasteiger partial charge in [0.25, 0.3) is 0 Å². The highest BCUT2D eigenvalue weighted by Gasteiger charge is 2.35. The van der Waals surface area contributed by atoms with Crippen LogP contribution in [0.1, 0.15) is 46.7 Å². The molecule has 0 aliphatic heterocycles. The number of hydrogen-bond donors (Lipinski definition) is 1. The van der Waals surface area contributed by atoms with Gasteiger partial charge in [-0.3, -0.25) is 4.79 Å². The molecule has 0 spiro atoms. The number of ketones is 1. The molecule has 28 heavy (non-hydrogen) atoms. The van der Waals surface area contributed by atoms with Crippen LogP contribution in [0.3, 0.4) is 0 Å². The summed E-state index contributed by atoms with van der Waals surface area (Å²) in [5.74, 6) is -0.795. The van der Waals surface area contributed by atoms with Crippen molar-refractivity contribution in [3.05, 3.63) is 75.9 Å². The van der Waals surface area contributed by atoms with E-state index in [0.29, 0.717) is 6.42 Å². The van der Waals surface area contributed by atoms with Crippen molar-refractivity contribution in [1.82, 2.24) is 4.57 Å². The summed E-state index contributed by atoms with van der Waals surface area (Å²) >= 11 is 3.47. The van der Waals surface area contributed by atoms with Crippen LogP contribution in [-0.2, 0) is 6.42 Å². The summed E-state index contributed by atoms with van der Waals surface area (Å²) in [5.41, 5.74) is 4.68. The number of halogens is 1. The van der Waals surface area contributed by atoms with Gasteiger partial charge in [-0.1, -0.05) is 41.9 Å². The predicted molar refractivity (Wildman–Crippen MR) is 112 cm³/mol. The van der Waals surface area contributed by atoms with Crippen molar-refractivity contribution in [2.75, 3.05) is 0 Å². The first-order valence-electron chi connectivity index (χ1n) is 9.13. The van der Waals surface area contributed by atoms with Crippen LogP contribution < -0.4 is 0 Å². The van der Waals surface area contributed by atoms with Crippen LogP contribution >= 0.6 is 15.9 Å². The minimum atomic E-state index is -0.953. The summed E-state index contributed by atoms with van der Waals surface area (Å²) in [6.45, 7) is 4.22. The fraction of sp³-hybridized carbons (Fsp3) is 0.217. The zero-order valence-electron chi connectivity index (χ0n) is 15.7. The molecule has 1 aliphatic rings. The van der Waals surface area contributed by atoms with Crippen molar-refractivity contribution in [2.24, 2.45) is 5.41 Å². The Bertz CT molecular complexity index is 1080. The Kier molecular flexibility index (Phi) is 4.50. The average Bonchev–Trinajstić information content (AvgIpc) is 3.00. The van der Waals surface area contributed by atoms with Gasteiger partial charge in [-0.25, -0.2) is 4.79 Å². The van der Waals surface area contributed by atoms with Crippen LogP contribution in [0.5, 0.6) is 0 Å². The Morgan fingerprint density at radius 1 is 1.04 bits per heavy atom. The molecule has 1 N–H and O–H groups in total. The Labute approximate surface area is 171 Å². The van der Waals surface area contributed by atoms with Gasteiger partial charge in [0.2, 0.25) is 0 Å². The maximum absolute atomic E-state index is 12.8. The Morgan fingerprint density at radius 3 is 2.29 bits per heavy atom. The number of Topliss-reactive ketones (excluding diaryl/α,β-unsaturated/α-hetero) is 1. The highest BCUT2D eigenvalue weighted by molar-refractivity contribution is 9.10. The van der Waals surface area contributed by atoms with Gasteiger partial charge in [-0.05, 0) is 59.9 Å². The largest absolute Gasteiger partial charge is 0.478 e. The quantitative estimate of drug-likeness (QED) is 0.566. The topological polar surface area (TPSA) is 59.3 Å². The lowest BCUT2D eigenvalue weighted by molar-refractivity contribution is 0.0696. The first-order valence-corrected chi connectivity index (χ1v) is 9.92. The molecule has 3 aromatic rings. The van der Waals surface area contributed by atoms with E-state index >= 15 is 0 Å². The van der Waals surface area contributed by atoms with Gasteiger partial charge in [0.15, 0.2) is 5.78 Å². The van der Waals surface area contributed by atoms with Crippen LogP contribution in [0, 0.1) is 5.41 Å². The van der Waals surface area contributed by atoms with E-state index in [2.05, 4.69) is 34.3 Å². The zero-order chi connectivity index (χ0) is 20.1. The summed E-state index contributed by atoms with van der Waals surface area (Å²) in [5, 5.41) is 9.20. The van der Waals surface area contributed by atoms with Crippen LogP contribution in [0.15, 0.2) is 59.1 Å². The number of nitrogens with zero attached hydrogens (tertiary/aromatic N) is 1. The molecule has 142 valence electrons. The molecule has 0 radical (unpaired) electrons. The van der Waals surface area contributed by atoms with Crippen molar-refractivity contribution in [1.29, 1.82) is 0 Å². The molecule has 5 heteroatoms. The number of carbonyl (C=O) groups is 2. The number of benzene rings is 2. The standard InChI is InChI=1S/C23H20BrNO3/c1-23(2)12-20-18(21(26)13-23)11-19(14-3-7-16(24)8-4-14)25(20)17-9-5-15(6-10-17)22(27)28/h3-11H,12-13H2,1-2H3,(H,27,28). The Balaban J connectivity index is 1.95. The first kappa shape index (κ1) is 18.7. The van der Waals surface area contributed by atoms with E-state index in [0.717, 1.165) is 39.1 Å². The molecule has 4 nitrogen and oxygen atoms in total. The number of aromatic nitrogens is 1. The zero-order valence-corrected chi connectivity index (χ0v) is 17.3. The van der Waals surface area contributed by atoms with Gasteiger partial charge in [0.05, 0.1) is 11.3 Å². The lowest BCUT2D eigenvalue weighted by atomic mass is 9.76. The number of fused-ring (bicyclic) bond motifs is 1. The number of rotatable bonds is 3. The minimum Gasteiger partial charge on any atom is -0.478 e. The molecule has 0 saturated carbocycles. The van der Waals surface area contributed by atoms with Gasteiger partial charge in [0, 0.05) is 27.8 Å². The molecule has 0 unspecified atom stereocenters. The number of carbonyl (C=O) groups excluding carboxylic acids is 1. The molecule has 1 heterocycles. The molecule has 0 amide bonds. The van der Waals surface area contributed by atoms with Gasteiger partial charge in [0.1, 0.15) is 0 Å². The maximum atomic E-state index is 12.8. The molecule has 0 fully saturated rings. The first-order chi connectivity index (χ1) is 13.2. The van der Waals surface area contributed by atoms with Gasteiger partial charge >= 0.3 is 5.97 Å². The SMILES string of the molecule is CC1(C)CC(=O)c2cc(-c3ccc(Br)cc3)n(-c3ccc(C(=O)O)cc3)c2C1. The van der Waals surface area contributed by atoms with E-state index in [4.69, 9.17) is 0 Å². The Hall–Kier alpha value is -2.66. The smallest absolute Gasteiger partial charge is 0.335 e. The fourth-order valence-electron chi connectivity index (χ4n) is 3.89. The molecule has 1 aliphatic carbocycles. The van der Waals surface area contributed by atoms with Crippen LogP contribution in [-0.4, -0.2) is 21.4 Å². The van der Waals surface area contributed by atoms with Crippen LogP contribution in [0.25, 0.3) is 16.9 Å². The molecule has 0 bridgehead atoms. The predicted octanol–water partition coefficient (Wildman–Crippen LogP) is 5.76.